The van der Waals surface area contributed by atoms with Gasteiger partial charge in [0.25, 0.3) is 5.56 Å². The van der Waals surface area contributed by atoms with E-state index >= 15 is 0 Å². The molecule has 1 atom stereocenters. The van der Waals surface area contributed by atoms with Gasteiger partial charge in [0, 0.05) is 15.6 Å². The first-order valence-electron chi connectivity index (χ1n) is 10.3. The monoisotopic (exact) mass is 521 g/mol. The Kier molecular flexibility index (Phi) is 6.74. The van der Waals surface area contributed by atoms with E-state index in [-0.39, 0.29) is 11.3 Å². The van der Waals surface area contributed by atoms with E-state index in [0.717, 1.165) is 5.56 Å². The minimum absolute atomic E-state index is 0.260. The van der Waals surface area contributed by atoms with Gasteiger partial charge in [0.05, 0.1) is 24.2 Å². The number of benzene rings is 3. The molecule has 0 bridgehead atoms. The second-order valence-electron chi connectivity index (χ2n) is 7.30. The molecule has 1 heterocycles. The van der Waals surface area contributed by atoms with Crippen LogP contribution in [-0.4, -0.2) is 40.2 Å². The first kappa shape index (κ1) is 23.2. The SMILES string of the molecule is COc1cc(C=Nn2c(-c3ccccc3)nc3ccccc3c2=O)c(Br)cc1O[C@H](C)C(=O)O. The highest BCUT2D eigenvalue weighted by molar-refractivity contribution is 9.10. The van der Waals surface area contributed by atoms with Crippen molar-refractivity contribution >= 4 is 39.0 Å². The van der Waals surface area contributed by atoms with E-state index in [1.165, 1.54) is 24.9 Å². The molecule has 34 heavy (non-hydrogen) atoms. The smallest absolute Gasteiger partial charge is 0.344 e. The van der Waals surface area contributed by atoms with Crippen molar-refractivity contribution in [3.63, 3.8) is 0 Å². The Labute approximate surface area is 203 Å². The van der Waals surface area contributed by atoms with E-state index in [2.05, 4.69) is 26.0 Å². The third kappa shape index (κ3) is 4.69. The number of para-hydroxylation sites is 1. The average Bonchev–Trinajstić information content (AvgIpc) is 2.84. The molecule has 4 aromatic rings. The van der Waals surface area contributed by atoms with Crippen molar-refractivity contribution in [2.75, 3.05) is 7.11 Å². The zero-order valence-electron chi connectivity index (χ0n) is 18.3. The first-order chi connectivity index (χ1) is 16.4. The van der Waals surface area contributed by atoms with Gasteiger partial charge in [-0.2, -0.15) is 9.78 Å². The molecule has 0 unspecified atom stereocenters. The minimum atomic E-state index is -1.10. The number of carboxylic acid groups (broad SMARTS) is 1. The number of methoxy groups -OCH3 is 1. The lowest BCUT2D eigenvalue weighted by molar-refractivity contribution is -0.144. The molecule has 3 aromatic carbocycles. The summed E-state index contributed by atoms with van der Waals surface area (Å²) in [4.78, 5) is 29.1. The van der Waals surface area contributed by atoms with Crippen molar-refractivity contribution in [1.82, 2.24) is 9.66 Å². The highest BCUT2D eigenvalue weighted by Gasteiger charge is 2.17. The Morgan fingerprint density at radius 3 is 2.53 bits per heavy atom. The minimum Gasteiger partial charge on any atom is -0.493 e. The number of carbonyl (C=O) groups is 1. The van der Waals surface area contributed by atoms with Crippen LogP contribution in [0, 0.1) is 0 Å². The number of nitrogens with zero attached hydrogens (tertiary/aromatic N) is 3. The van der Waals surface area contributed by atoms with Crippen molar-refractivity contribution in [2.24, 2.45) is 5.10 Å². The Hall–Kier alpha value is -3.98. The Bertz CT molecular complexity index is 1450. The number of carboxylic acids is 1. The predicted molar refractivity (Wildman–Crippen MR) is 133 cm³/mol. The fourth-order valence-corrected chi connectivity index (χ4v) is 3.69. The van der Waals surface area contributed by atoms with Crippen LogP contribution in [-0.2, 0) is 4.79 Å². The number of hydrogen-bond acceptors (Lipinski definition) is 6. The molecule has 9 heteroatoms. The zero-order valence-corrected chi connectivity index (χ0v) is 19.9. The topological polar surface area (TPSA) is 103 Å². The van der Waals surface area contributed by atoms with Crippen LogP contribution in [0.25, 0.3) is 22.3 Å². The van der Waals surface area contributed by atoms with E-state index in [0.29, 0.717) is 32.5 Å². The van der Waals surface area contributed by atoms with Gasteiger partial charge in [-0.15, -0.1) is 0 Å². The Morgan fingerprint density at radius 1 is 1.12 bits per heavy atom. The van der Waals surface area contributed by atoms with Crippen LogP contribution in [0.15, 0.2) is 81.1 Å². The summed E-state index contributed by atoms with van der Waals surface area (Å²) < 4.78 is 12.7. The molecule has 172 valence electrons. The van der Waals surface area contributed by atoms with E-state index in [9.17, 15) is 9.59 Å². The highest BCUT2D eigenvalue weighted by Crippen LogP contribution is 2.33. The number of aromatic nitrogens is 2. The van der Waals surface area contributed by atoms with Crippen molar-refractivity contribution in [1.29, 1.82) is 0 Å². The lowest BCUT2D eigenvalue weighted by Gasteiger charge is -2.15. The fraction of sp³-hybridized carbons (Fsp3) is 0.120. The molecule has 0 aliphatic heterocycles. The summed E-state index contributed by atoms with van der Waals surface area (Å²) in [6, 6.07) is 19.7. The van der Waals surface area contributed by atoms with E-state index in [1.54, 1.807) is 30.3 Å². The molecule has 0 amide bonds. The molecule has 0 aliphatic carbocycles. The van der Waals surface area contributed by atoms with Crippen LogP contribution in [0.4, 0.5) is 0 Å². The number of hydrogen-bond donors (Lipinski definition) is 1. The van der Waals surface area contributed by atoms with Crippen LogP contribution >= 0.6 is 15.9 Å². The lowest BCUT2D eigenvalue weighted by atomic mass is 10.2. The molecule has 0 saturated heterocycles. The second kappa shape index (κ2) is 9.88. The predicted octanol–water partition coefficient (Wildman–Crippen LogP) is 4.57. The largest absolute Gasteiger partial charge is 0.493 e. The summed E-state index contributed by atoms with van der Waals surface area (Å²) in [7, 11) is 1.45. The van der Waals surface area contributed by atoms with Gasteiger partial charge in [0.2, 0.25) is 0 Å². The van der Waals surface area contributed by atoms with Gasteiger partial charge in [-0.3, -0.25) is 4.79 Å². The van der Waals surface area contributed by atoms with Gasteiger partial charge in [-0.05, 0) is 47.1 Å². The lowest BCUT2D eigenvalue weighted by Crippen LogP contribution is -2.23. The summed E-state index contributed by atoms with van der Waals surface area (Å²) in [6.07, 6.45) is 0.442. The van der Waals surface area contributed by atoms with E-state index in [4.69, 9.17) is 14.6 Å². The Balaban J connectivity index is 1.82. The number of halogens is 1. The zero-order chi connectivity index (χ0) is 24.2. The molecule has 0 radical (unpaired) electrons. The summed E-state index contributed by atoms with van der Waals surface area (Å²) in [5.74, 6) is -0.111. The summed E-state index contributed by atoms with van der Waals surface area (Å²) in [6.45, 7) is 1.43. The number of aliphatic carboxylic acids is 1. The van der Waals surface area contributed by atoms with Gasteiger partial charge >= 0.3 is 5.97 Å². The summed E-state index contributed by atoms with van der Waals surface area (Å²) in [5, 5.41) is 14.0. The molecule has 0 saturated carbocycles. The van der Waals surface area contributed by atoms with E-state index in [1.807, 2.05) is 36.4 Å². The average molecular weight is 522 g/mol. The molecule has 0 spiro atoms. The first-order valence-corrected chi connectivity index (χ1v) is 11.1. The van der Waals surface area contributed by atoms with Crippen LogP contribution in [0.1, 0.15) is 12.5 Å². The fourth-order valence-electron chi connectivity index (χ4n) is 3.27. The number of fused-ring (bicyclic) bond motifs is 1. The van der Waals surface area contributed by atoms with Crippen LogP contribution in [0.5, 0.6) is 11.5 Å². The quantitative estimate of drug-likeness (QED) is 0.357. The molecule has 0 aliphatic rings. The second-order valence-corrected chi connectivity index (χ2v) is 8.16. The maximum absolute atomic E-state index is 13.3. The van der Waals surface area contributed by atoms with Crippen molar-refractivity contribution in [3.05, 3.63) is 87.1 Å². The van der Waals surface area contributed by atoms with Crippen LogP contribution in [0.2, 0.25) is 0 Å². The van der Waals surface area contributed by atoms with Crippen LogP contribution in [0.3, 0.4) is 0 Å². The van der Waals surface area contributed by atoms with Gasteiger partial charge in [-0.1, -0.05) is 42.5 Å². The van der Waals surface area contributed by atoms with Gasteiger partial charge in [0.1, 0.15) is 0 Å². The molecule has 8 nitrogen and oxygen atoms in total. The molecular formula is C25H20BrN3O5. The highest BCUT2D eigenvalue weighted by atomic mass is 79.9. The molecule has 0 fully saturated rings. The molecular weight excluding hydrogens is 502 g/mol. The summed E-state index contributed by atoms with van der Waals surface area (Å²) in [5.41, 5.74) is 1.60. The van der Waals surface area contributed by atoms with Gasteiger partial charge < -0.3 is 14.6 Å². The number of ether oxygens (including phenoxy) is 2. The van der Waals surface area contributed by atoms with E-state index < -0.39 is 12.1 Å². The summed E-state index contributed by atoms with van der Waals surface area (Å²) >= 11 is 3.46. The molecule has 1 N–H and O–H groups in total. The normalized spacial score (nSPS) is 12.1. The maximum Gasteiger partial charge on any atom is 0.344 e. The van der Waals surface area contributed by atoms with Gasteiger partial charge in [0.15, 0.2) is 23.4 Å². The molecule has 1 aromatic heterocycles. The Morgan fingerprint density at radius 2 is 1.82 bits per heavy atom. The van der Waals surface area contributed by atoms with Crippen molar-refractivity contribution in [2.45, 2.75) is 13.0 Å². The number of rotatable bonds is 7. The third-order valence-corrected chi connectivity index (χ3v) is 5.72. The third-order valence-electron chi connectivity index (χ3n) is 5.03. The maximum atomic E-state index is 13.3. The standard InChI is InChI=1S/C25H20BrN3O5/c1-15(25(31)32)34-22-13-19(26)17(12-21(22)33-2)14-27-29-23(16-8-4-3-5-9-16)28-20-11-7-6-10-18(20)24(29)30/h3-15H,1-2H3,(H,31,32)/t15-/m1/s1. The van der Waals surface area contributed by atoms with Crippen molar-refractivity contribution < 1.29 is 19.4 Å². The van der Waals surface area contributed by atoms with Crippen LogP contribution < -0.4 is 15.0 Å². The van der Waals surface area contributed by atoms with Gasteiger partial charge in [-0.25, -0.2) is 9.78 Å². The van der Waals surface area contributed by atoms with Crippen molar-refractivity contribution in [3.8, 4) is 22.9 Å². The molecule has 4 rings (SSSR count).